The monoisotopic (exact) mass is 281 g/mol. The van der Waals surface area contributed by atoms with Crippen molar-refractivity contribution in [1.82, 2.24) is 0 Å². The van der Waals surface area contributed by atoms with Gasteiger partial charge in [0, 0.05) is 22.8 Å². The Morgan fingerprint density at radius 2 is 2.05 bits per heavy atom. The SMILES string of the molecule is CCOc1ccccc1C=C1C(=O)Nc2cc(O)ccc21. The van der Waals surface area contributed by atoms with E-state index in [0.29, 0.717) is 17.9 Å². The smallest absolute Gasteiger partial charge is 0.256 e. The summed E-state index contributed by atoms with van der Waals surface area (Å²) in [5.74, 6) is 0.694. The number of ether oxygens (including phenoxy) is 1. The molecule has 1 aliphatic heterocycles. The predicted octanol–water partition coefficient (Wildman–Crippen LogP) is 3.28. The molecule has 0 radical (unpaired) electrons. The van der Waals surface area contributed by atoms with E-state index < -0.39 is 0 Å². The van der Waals surface area contributed by atoms with Gasteiger partial charge >= 0.3 is 0 Å². The van der Waals surface area contributed by atoms with E-state index in [1.165, 1.54) is 0 Å². The lowest BCUT2D eigenvalue weighted by Crippen LogP contribution is -2.03. The predicted molar refractivity (Wildman–Crippen MR) is 82.2 cm³/mol. The Bertz CT molecular complexity index is 735. The molecule has 21 heavy (non-hydrogen) atoms. The Morgan fingerprint density at radius 1 is 1.24 bits per heavy atom. The summed E-state index contributed by atoms with van der Waals surface area (Å²) < 4.78 is 5.57. The number of phenolic OH excluding ortho intramolecular Hbond substituents is 1. The lowest BCUT2D eigenvalue weighted by Gasteiger charge is -2.07. The maximum absolute atomic E-state index is 12.1. The first-order valence-electron chi connectivity index (χ1n) is 6.77. The number of hydrogen-bond acceptors (Lipinski definition) is 3. The van der Waals surface area contributed by atoms with Gasteiger partial charge in [0.25, 0.3) is 5.91 Å². The second-order valence-corrected chi connectivity index (χ2v) is 4.71. The van der Waals surface area contributed by atoms with Crippen molar-refractivity contribution in [3.05, 3.63) is 53.6 Å². The molecule has 3 rings (SSSR count). The van der Waals surface area contributed by atoms with E-state index in [-0.39, 0.29) is 11.7 Å². The van der Waals surface area contributed by atoms with Gasteiger partial charge in [0.15, 0.2) is 0 Å². The summed E-state index contributed by atoms with van der Waals surface area (Å²) in [4.78, 5) is 12.1. The first-order valence-corrected chi connectivity index (χ1v) is 6.77. The van der Waals surface area contributed by atoms with Crippen molar-refractivity contribution in [1.29, 1.82) is 0 Å². The van der Waals surface area contributed by atoms with Crippen LogP contribution in [0.5, 0.6) is 11.5 Å². The molecule has 4 nitrogen and oxygen atoms in total. The van der Waals surface area contributed by atoms with Crippen LogP contribution in [0.3, 0.4) is 0 Å². The maximum atomic E-state index is 12.1. The third-order valence-electron chi connectivity index (χ3n) is 3.30. The van der Waals surface area contributed by atoms with Crippen LogP contribution in [0.2, 0.25) is 0 Å². The van der Waals surface area contributed by atoms with Crippen LogP contribution in [0.4, 0.5) is 5.69 Å². The van der Waals surface area contributed by atoms with E-state index in [4.69, 9.17) is 4.74 Å². The summed E-state index contributed by atoms with van der Waals surface area (Å²) in [6.45, 7) is 2.49. The van der Waals surface area contributed by atoms with Crippen LogP contribution in [0.1, 0.15) is 18.1 Å². The van der Waals surface area contributed by atoms with Crippen LogP contribution < -0.4 is 10.1 Å². The Hall–Kier alpha value is -2.75. The zero-order valence-corrected chi connectivity index (χ0v) is 11.6. The highest BCUT2D eigenvalue weighted by Crippen LogP contribution is 2.36. The Morgan fingerprint density at radius 3 is 2.86 bits per heavy atom. The molecule has 0 aliphatic carbocycles. The number of aromatic hydroxyl groups is 1. The molecule has 0 fully saturated rings. The molecule has 4 heteroatoms. The van der Waals surface area contributed by atoms with Crippen molar-refractivity contribution in [3.8, 4) is 11.5 Å². The van der Waals surface area contributed by atoms with E-state index in [2.05, 4.69) is 5.32 Å². The van der Waals surface area contributed by atoms with Crippen LogP contribution in [-0.4, -0.2) is 17.6 Å². The quantitative estimate of drug-likeness (QED) is 0.849. The summed E-state index contributed by atoms with van der Waals surface area (Å²) >= 11 is 0. The lowest BCUT2D eigenvalue weighted by molar-refractivity contribution is -0.110. The summed E-state index contributed by atoms with van der Waals surface area (Å²) in [5.41, 5.74) is 2.83. The van der Waals surface area contributed by atoms with Crippen molar-refractivity contribution in [2.75, 3.05) is 11.9 Å². The standard InChI is InChI=1S/C17H15NO3/c1-2-21-16-6-4-3-5-11(16)9-14-13-8-7-12(19)10-15(13)18-17(14)20/h3-10,19H,2H2,1H3,(H,18,20). The minimum atomic E-state index is -0.179. The number of rotatable bonds is 3. The average molecular weight is 281 g/mol. The minimum Gasteiger partial charge on any atom is -0.508 e. The number of fused-ring (bicyclic) bond motifs is 1. The number of para-hydroxylation sites is 1. The minimum absolute atomic E-state index is 0.130. The van der Waals surface area contributed by atoms with Gasteiger partial charge in [-0.1, -0.05) is 18.2 Å². The number of benzene rings is 2. The van der Waals surface area contributed by atoms with Crippen LogP contribution in [0.15, 0.2) is 42.5 Å². The van der Waals surface area contributed by atoms with Gasteiger partial charge in [-0.15, -0.1) is 0 Å². The molecule has 1 heterocycles. The van der Waals surface area contributed by atoms with Gasteiger partial charge in [-0.3, -0.25) is 4.79 Å². The molecule has 1 amide bonds. The van der Waals surface area contributed by atoms with Crippen LogP contribution in [-0.2, 0) is 4.79 Å². The fourth-order valence-electron chi connectivity index (χ4n) is 2.37. The number of nitrogens with one attached hydrogen (secondary N) is 1. The summed E-state index contributed by atoms with van der Waals surface area (Å²) in [7, 11) is 0. The van der Waals surface area contributed by atoms with Gasteiger partial charge < -0.3 is 15.2 Å². The van der Waals surface area contributed by atoms with E-state index >= 15 is 0 Å². The highest BCUT2D eigenvalue weighted by Gasteiger charge is 2.24. The summed E-state index contributed by atoms with van der Waals surface area (Å²) in [6.07, 6.45) is 1.81. The Balaban J connectivity index is 2.07. The number of phenols is 1. The Kier molecular flexibility index (Phi) is 3.36. The van der Waals surface area contributed by atoms with Crippen molar-refractivity contribution < 1.29 is 14.6 Å². The molecule has 0 saturated heterocycles. The third kappa shape index (κ3) is 2.48. The van der Waals surface area contributed by atoms with Gasteiger partial charge in [0.05, 0.1) is 12.3 Å². The highest BCUT2D eigenvalue weighted by molar-refractivity contribution is 6.35. The van der Waals surface area contributed by atoms with Crippen molar-refractivity contribution in [2.45, 2.75) is 6.92 Å². The van der Waals surface area contributed by atoms with E-state index in [0.717, 1.165) is 16.9 Å². The first-order chi connectivity index (χ1) is 10.2. The third-order valence-corrected chi connectivity index (χ3v) is 3.30. The first kappa shape index (κ1) is 13.2. The fraction of sp³-hybridized carbons (Fsp3) is 0.118. The van der Waals surface area contributed by atoms with Gasteiger partial charge in [0.1, 0.15) is 11.5 Å². The topological polar surface area (TPSA) is 58.6 Å². The summed E-state index contributed by atoms with van der Waals surface area (Å²) in [5, 5.41) is 12.2. The van der Waals surface area contributed by atoms with Gasteiger partial charge in [0.2, 0.25) is 0 Å². The molecule has 2 aromatic carbocycles. The number of hydrogen-bond donors (Lipinski definition) is 2. The second-order valence-electron chi connectivity index (χ2n) is 4.71. The molecular formula is C17H15NO3. The van der Waals surface area contributed by atoms with E-state index in [1.54, 1.807) is 18.2 Å². The largest absolute Gasteiger partial charge is 0.508 e. The van der Waals surface area contributed by atoms with Gasteiger partial charge in [-0.2, -0.15) is 0 Å². The molecule has 1 aliphatic rings. The Labute approximate surface area is 122 Å². The zero-order chi connectivity index (χ0) is 14.8. The molecule has 0 saturated carbocycles. The molecule has 0 aromatic heterocycles. The fourth-order valence-corrected chi connectivity index (χ4v) is 2.37. The second kappa shape index (κ2) is 5.32. The molecule has 0 atom stereocenters. The van der Waals surface area contributed by atoms with Crippen molar-refractivity contribution in [2.24, 2.45) is 0 Å². The molecule has 0 bridgehead atoms. The number of anilines is 1. The van der Waals surface area contributed by atoms with E-state index in [9.17, 15) is 9.90 Å². The van der Waals surface area contributed by atoms with Gasteiger partial charge in [-0.25, -0.2) is 0 Å². The molecule has 2 N–H and O–H groups in total. The normalized spacial score (nSPS) is 14.9. The number of carbonyl (C=O) groups excluding carboxylic acids is 1. The molecule has 2 aromatic rings. The molecule has 106 valence electrons. The van der Waals surface area contributed by atoms with Crippen LogP contribution in [0.25, 0.3) is 11.6 Å². The maximum Gasteiger partial charge on any atom is 0.256 e. The zero-order valence-electron chi connectivity index (χ0n) is 11.6. The molecule has 0 spiro atoms. The number of carbonyl (C=O) groups is 1. The van der Waals surface area contributed by atoms with Crippen LogP contribution >= 0.6 is 0 Å². The molecule has 0 unspecified atom stereocenters. The van der Waals surface area contributed by atoms with Gasteiger partial charge in [-0.05, 0) is 31.2 Å². The highest BCUT2D eigenvalue weighted by atomic mass is 16.5. The number of amides is 1. The van der Waals surface area contributed by atoms with Crippen LogP contribution in [0, 0.1) is 0 Å². The van der Waals surface area contributed by atoms with Crippen molar-refractivity contribution in [3.63, 3.8) is 0 Å². The summed E-state index contributed by atoms with van der Waals surface area (Å²) in [6, 6.07) is 12.4. The molecular weight excluding hydrogens is 266 g/mol. The average Bonchev–Trinajstić information content (AvgIpc) is 2.76. The van der Waals surface area contributed by atoms with E-state index in [1.807, 2.05) is 37.3 Å². The van der Waals surface area contributed by atoms with Crippen molar-refractivity contribution >= 4 is 23.2 Å². The lowest BCUT2D eigenvalue weighted by atomic mass is 10.0.